The number of hydrogen-bond acceptors (Lipinski definition) is 1. The first-order valence-electron chi connectivity index (χ1n) is 6.89. The molecule has 1 nitrogen and oxygen atoms in total. The highest BCUT2D eigenvalue weighted by Crippen LogP contribution is 2.31. The Balaban J connectivity index is 2.23. The number of allylic oxidation sites excluding steroid dienone is 1. The second-order valence-electron chi connectivity index (χ2n) is 5.16. The van der Waals surface area contributed by atoms with Gasteiger partial charge in [-0.2, -0.15) is 0 Å². The topological polar surface area (TPSA) is 26.0 Å². The monoisotopic (exact) mass is 307 g/mol. The van der Waals surface area contributed by atoms with E-state index in [0.717, 1.165) is 10.9 Å². The standard InChI is InChI=1S/C16H22BrN/c1-12-14(10-7-11-15(12)17)16(18)13-8-5-3-2-4-6-9-13/h7-8,10-11,16H,2-6,9,18H2,1H3/b13-8+. The van der Waals surface area contributed by atoms with Gasteiger partial charge >= 0.3 is 0 Å². The summed E-state index contributed by atoms with van der Waals surface area (Å²) in [5, 5.41) is 0. The van der Waals surface area contributed by atoms with E-state index in [1.807, 2.05) is 0 Å². The quantitative estimate of drug-likeness (QED) is 0.761. The Morgan fingerprint density at radius 1 is 1.17 bits per heavy atom. The molecular formula is C16H22BrN. The van der Waals surface area contributed by atoms with Crippen LogP contribution in [0.4, 0.5) is 0 Å². The van der Waals surface area contributed by atoms with Crippen molar-refractivity contribution in [3.63, 3.8) is 0 Å². The van der Waals surface area contributed by atoms with Crippen molar-refractivity contribution < 1.29 is 0 Å². The molecule has 98 valence electrons. The molecule has 1 aromatic carbocycles. The van der Waals surface area contributed by atoms with Gasteiger partial charge in [0.15, 0.2) is 0 Å². The van der Waals surface area contributed by atoms with Gasteiger partial charge in [-0.25, -0.2) is 0 Å². The minimum Gasteiger partial charge on any atom is -0.321 e. The van der Waals surface area contributed by atoms with Crippen LogP contribution in [-0.2, 0) is 0 Å². The fourth-order valence-electron chi connectivity index (χ4n) is 2.66. The number of nitrogens with two attached hydrogens (primary N) is 1. The number of hydrogen-bond donors (Lipinski definition) is 1. The number of rotatable bonds is 2. The smallest absolute Gasteiger partial charge is 0.0513 e. The van der Waals surface area contributed by atoms with Crippen LogP contribution in [0.1, 0.15) is 55.7 Å². The molecule has 1 unspecified atom stereocenters. The van der Waals surface area contributed by atoms with Gasteiger partial charge in [0.25, 0.3) is 0 Å². The molecule has 1 atom stereocenters. The Bertz CT molecular complexity index is 437. The predicted molar refractivity (Wildman–Crippen MR) is 81.6 cm³/mol. The summed E-state index contributed by atoms with van der Waals surface area (Å²) in [5.41, 5.74) is 10.4. The zero-order chi connectivity index (χ0) is 13.0. The lowest BCUT2D eigenvalue weighted by Gasteiger charge is -2.21. The summed E-state index contributed by atoms with van der Waals surface area (Å²) < 4.78 is 1.15. The third kappa shape index (κ3) is 3.24. The lowest BCUT2D eigenvalue weighted by molar-refractivity contribution is 0.602. The molecule has 0 aliphatic heterocycles. The minimum atomic E-state index is 0.0700. The van der Waals surface area contributed by atoms with Gasteiger partial charge in [-0.1, -0.05) is 52.6 Å². The lowest BCUT2D eigenvalue weighted by Crippen LogP contribution is -2.15. The molecule has 1 aliphatic carbocycles. The minimum absolute atomic E-state index is 0.0700. The van der Waals surface area contributed by atoms with Crippen LogP contribution in [0.5, 0.6) is 0 Å². The van der Waals surface area contributed by atoms with E-state index in [4.69, 9.17) is 5.73 Å². The molecule has 18 heavy (non-hydrogen) atoms. The molecular weight excluding hydrogens is 286 g/mol. The van der Waals surface area contributed by atoms with E-state index in [1.54, 1.807) is 0 Å². The summed E-state index contributed by atoms with van der Waals surface area (Å²) in [4.78, 5) is 0. The van der Waals surface area contributed by atoms with Gasteiger partial charge in [0.1, 0.15) is 0 Å². The molecule has 0 aromatic heterocycles. The fourth-order valence-corrected chi connectivity index (χ4v) is 3.04. The average Bonchev–Trinajstić information content (AvgIpc) is 2.31. The van der Waals surface area contributed by atoms with Gasteiger partial charge in [0.2, 0.25) is 0 Å². The van der Waals surface area contributed by atoms with Gasteiger partial charge in [-0.15, -0.1) is 0 Å². The van der Waals surface area contributed by atoms with Crippen LogP contribution in [0.25, 0.3) is 0 Å². The van der Waals surface area contributed by atoms with Crippen LogP contribution in [-0.4, -0.2) is 0 Å². The first kappa shape index (κ1) is 13.8. The molecule has 0 amide bonds. The Hall–Kier alpha value is -0.600. The third-order valence-corrected chi connectivity index (χ3v) is 4.73. The molecule has 2 heteroatoms. The highest BCUT2D eigenvalue weighted by Gasteiger charge is 2.15. The van der Waals surface area contributed by atoms with Gasteiger partial charge < -0.3 is 5.73 Å². The van der Waals surface area contributed by atoms with Crippen molar-refractivity contribution in [2.24, 2.45) is 5.73 Å². The highest BCUT2D eigenvalue weighted by atomic mass is 79.9. The molecule has 2 N–H and O–H groups in total. The van der Waals surface area contributed by atoms with Crippen LogP contribution < -0.4 is 5.73 Å². The summed E-state index contributed by atoms with van der Waals surface area (Å²) in [7, 11) is 0. The molecule has 0 spiro atoms. The van der Waals surface area contributed by atoms with E-state index in [9.17, 15) is 0 Å². The predicted octanol–water partition coefficient (Wildman–Crippen LogP) is 5.04. The Morgan fingerprint density at radius 2 is 1.94 bits per heavy atom. The summed E-state index contributed by atoms with van der Waals surface area (Å²) in [6, 6.07) is 6.39. The molecule has 0 radical (unpaired) electrons. The van der Waals surface area contributed by atoms with Crippen molar-refractivity contribution in [2.45, 2.75) is 51.5 Å². The zero-order valence-electron chi connectivity index (χ0n) is 11.1. The van der Waals surface area contributed by atoms with Crippen LogP contribution in [0, 0.1) is 6.92 Å². The lowest BCUT2D eigenvalue weighted by atomic mass is 9.90. The highest BCUT2D eigenvalue weighted by molar-refractivity contribution is 9.10. The van der Waals surface area contributed by atoms with E-state index >= 15 is 0 Å². The second-order valence-corrected chi connectivity index (χ2v) is 6.02. The van der Waals surface area contributed by atoms with Gasteiger partial charge in [-0.3, -0.25) is 0 Å². The van der Waals surface area contributed by atoms with Crippen LogP contribution >= 0.6 is 15.9 Å². The van der Waals surface area contributed by atoms with E-state index in [2.05, 4.69) is 47.1 Å². The molecule has 2 rings (SSSR count). The summed E-state index contributed by atoms with van der Waals surface area (Å²) in [6.07, 6.45) is 10.0. The Labute approximate surface area is 119 Å². The molecule has 1 aromatic rings. The van der Waals surface area contributed by atoms with Gasteiger partial charge in [0, 0.05) is 4.47 Å². The van der Waals surface area contributed by atoms with Crippen molar-refractivity contribution in [1.82, 2.24) is 0 Å². The molecule has 0 bridgehead atoms. The molecule has 0 saturated carbocycles. The summed E-state index contributed by atoms with van der Waals surface area (Å²) in [6.45, 7) is 2.14. The number of halogens is 1. The van der Waals surface area contributed by atoms with Crippen LogP contribution in [0.3, 0.4) is 0 Å². The molecule has 0 heterocycles. The average molecular weight is 308 g/mol. The maximum atomic E-state index is 6.47. The van der Waals surface area contributed by atoms with E-state index in [-0.39, 0.29) is 6.04 Å². The van der Waals surface area contributed by atoms with Crippen LogP contribution in [0.15, 0.2) is 34.3 Å². The Kier molecular flexibility index (Phi) is 5.02. The van der Waals surface area contributed by atoms with Crippen molar-refractivity contribution in [1.29, 1.82) is 0 Å². The second kappa shape index (κ2) is 6.53. The van der Waals surface area contributed by atoms with Gasteiger partial charge in [-0.05, 0) is 49.8 Å². The molecule has 0 fully saturated rings. The third-order valence-electron chi connectivity index (χ3n) is 3.87. The summed E-state index contributed by atoms with van der Waals surface area (Å²) >= 11 is 3.59. The van der Waals surface area contributed by atoms with E-state index in [0.29, 0.717) is 0 Å². The van der Waals surface area contributed by atoms with Crippen molar-refractivity contribution in [3.8, 4) is 0 Å². The first-order valence-corrected chi connectivity index (χ1v) is 7.69. The van der Waals surface area contributed by atoms with Gasteiger partial charge in [0.05, 0.1) is 6.04 Å². The first-order chi connectivity index (χ1) is 8.70. The van der Waals surface area contributed by atoms with Crippen molar-refractivity contribution in [2.75, 3.05) is 0 Å². The molecule has 1 aliphatic rings. The summed E-state index contributed by atoms with van der Waals surface area (Å²) in [5.74, 6) is 0. The maximum absolute atomic E-state index is 6.47. The maximum Gasteiger partial charge on any atom is 0.0513 e. The molecule has 0 saturated heterocycles. The fraction of sp³-hybridized carbons (Fsp3) is 0.500. The van der Waals surface area contributed by atoms with Crippen molar-refractivity contribution >= 4 is 15.9 Å². The largest absolute Gasteiger partial charge is 0.321 e. The van der Waals surface area contributed by atoms with E-state index in [1.165, 1.54) is 48.8 Å². The normalized spacial score (nSPS) is 21.6. The number of benzene rings is 1. The Morgan fingerprint density at radius 3 is 2.78 bits per heavy atom. The zero-order valence-corrected chi connectivity index (χ0v) is 12.7. The van der Waals surface area contributed by atoms with E-state index < -0.39 is 0 Å². The van der Waals surface area contributed by atoms with Crippen molar-refractivity contribution in [3.05, 3.63) is 45.4 Å². The SMILES string of the molecule is Cc1c(Br)cccc1C(N)/C1=C/CCCCCC1. The van der Waals surface area contributed by atoms with Crippen LogP contribution in [0.2, 0.25) is 0 Å².